The van der Waals surface area contributed by atoms with Crippen LogP contribution in [0.4, 0.5) is 4.79 Å². The third-order valence-electron chi connectivity index (χ3n) is 2.11. The van der Waals surface area contributed by atoms with Crippen molar-refractivity contribution in [2.24, 2.45) is 0 Å². The molecule has 1 atom stereocenters. The number of aromatic nitrogens is 1. The molecule has 17 heavy (non-hydrogen) atoms. The Bertz CT molecular complexity index is 405. The largest absolute Gasteiger partial charge is 0.480 e. The van der Waals surface area contributed by atoms with E-state index in [0.717, 1.165) is 10.7 Å². The fraction of sp³-hybridized carbons (Fsp3) is 0.500. The van der Waals surface area contributed by atoms with Gasteiger partial charge in [-0.2, -0.15) is 0 Å². The van der Waals surface area contributed by atoms with Crippen LogP contribution in [0.5, 0.6) is 0 Å². The first-order chi connectivity index (χ1) is 8.02. The maximum atomic E-state index is 11.4. The van der Waals surface area contributed by atoms with Gasteiger partial charge in [-0.05, 0) is 13.3 Å². The summed E-state index contributed by atoms with van der Waals surface area (Å²) >= 11 is 1.50. The second kappa shape index (κ2) is 6.19. The molecule has 0 spiro atoms. The van der Waals surface area contributed by atoms with Crippen LogP contribution in [0.2, 0.25) is 0 Å². The molecule has 1 rings (SSSR count). The van der Waals surface area contributed by atoms with Crippen LogP contribution in [0.25, 0.3) is 0 Å². The number of aliphatic carboxylic acids is 1. The summed E-state index contributed by atoms with van der Waals surface area (Å²) in [6.07, 6.45) is 0.346. The number of rotatable bonds is 5. The lowest BCUT2D eigenvalue weighted by atomic mass is 10.2. The molecule has 94 valence electrons. The molecule has 6 nitrogen and oxygen atoms in total. The van der Waals surface area contributed by atoms with Crippen molar-refractivity contribution in [1.82, 2.24) is 15.6 Å². The molecule has 0 aromatic carbocycles. The Morgan fingerprint density at radius 1 is 1.59 bits per heavy atom. The van der Waals surface area contributed by atoms with Crippen molar-refractivity contribution in [1.29, 1.82) is 0 Å². The average Bonchev–Trinajstić information content (AvgIpc) is 2.68. The number of urea groups is 1. The van der Waals surface area contributed by atoms with Gasteiger partial charge in [0.25, 0.3) is 0 Å². The zero-order valence-electron chi connectivity index (χ0n) is 9.69. The van der Waals surface area contributed by atoms with Crippen molar-refractivity contribution in [2.45, 2.75) is 32.9 Å². The average molecular weight is 257 g/mol. The summed E-state index contributed by atoms with van der Waals surface area (Å²) in [7, 11) is 0. The third kappa shape index (κ3) is 4.39. The van der Waals surface area contributed by atoms with Crippen molar-refractivity contribution in [3.8, 4) is 0 Å². The van der Waals surface area contributed by atoms with E-state index in [0.29, 0.717) is 13.0 Å². The summed E-state index contributed by atoms with van der Waals surface area (Å²) in [5.41, 5.74) is 0.769. The van der Waals surface area contributed by atoms with Crippen molar-refractivity contribution in [3.63, 3.8) is 0 Å². The summed E-state index contributed by atoms with van der Waals surface area (Å²) in [6, 6.07) is -1.35. The molecule has 0 aliphatic rings. The van der Waals surface area contributed by atoms with Crippen LogP contribution in [0.3, 0.4) is 0 Å². The summed E-state index contributed by atoms with van der Waals surface area (Å²) in [5, 5.41) is 16.5. The van der Waals surface area contributed by atoms with Crippen molar-refractivity contribution < 1.29 is 14.7 Å². The van der Waals surface area contributed by atoms with Gasteiger partial charge < -0.3 is 15.7 Å². The van der Waals surface area contributed by atoms with Crippen molar-refractivity contribution in [3.05, 3.63) is 16.1 Å². The van der Waals surface area contributed by atoms with E-state index in [4.69, 9.17) is 5.11 Å². The van der Waals surface area contributed by atoms with Crippen LogP contribution in [0.15, 0.2) is 5.38 Å². The Hall–Kier alpha value is -1.63. The molecule has 3 N–H and O–H groups in total. The SMILES string of the molecule is CC[C@@H](NC(=O)NCc1csc(C)n1)C(=O)O. The van der Waals surface area contributed by atoms with Crippen molar-refractivity contribution in [2.75, 3.05) is 0 Å². The summed E-state index contributed by atoms with van der Waals surface area (Å²) in [5.74, 6) is -1.04. The highest BCUT2D eigenvalue weighted by molar-refractivity contribution is 7.09. The van der Waals surface area contributed by atoms with E-state index < -0.39 is 18.0 Å². The molecule has 0 saturated heterocycles. The molecule has 0 aliphatic carbocycles. The fourth-order valence-corrected chi connectivity index (χ4v) is 1.82. The van der Waals surface area contributed by atoms with Crippen LogP contribution >= 0.6 is 11.3 Å². The van der Waals surface area contributed by atoms with E-state index in [1.54, 1.807) is 6.92 Å². The number of hydrogen-bond acceptors (Lipinski definition) is 4. The van der Waals surface area contributed by atoms with Crippen LogP contribution < -0.4 is 10.6 Å². The highest BCUT2D eigenvalue weighted by atomic mass is 32.1. The van der Waals surface area contributed by atoms with Gasteiger partial charge in [0.15, 0.2) is 0 Å². The first-order valence-electron chi connectivity index (χ1n) is 5.21. The minimum absolute atomic E-state index is 0.298. The van der Waals surface area contributed by atoms with Gasteiger partial charge in [0.05, 0.1) is 17.2 Å². The predicted molar refractivity (Wildman–Crippen MR) is 63.9 cm³/mol. The first kappa shape index (κ1) is 13.4. The quantitative estimate of drug-likeness (QED) is 0.737. The number of carbonyl (C=O) groups is 2. The second-order valence-corrected chi connectivity index (χ2v) is 4.55. The molecule has 0 radical (unpaired) electrons. The zero-order valence-corrected chi connectivity index (χ0v) is 10.5. The summed E-state index contributed by atoms with van der Waals surface area (Å²) in [6.45, 7) is 3.88. The first-order valence-corrected chi connectivity index (χ1v) is 6.09. The molecule has 0 aliphatic heterocycles. The standard InChI is InChI=1S/C10H15N3O3S/c1-3-8(9(14)15)13-10(16)11-4-7-5-17-6(2)12-7/h5,8H,3-4H2,1-2H3,(H,14,15)(H2,11,13,16)/t8-/m1/s1. The monoisotopic (exact) mass is 257 g/mol. The number of carboxylic acids is 1. The maximum absolute atomic E-state index is 11.4. The number of nitrogens with one attached hydrogen (secondary N) is 2. The number of hydrogen-bond donors (Lipinski definition) is 3. The van der Waals surface area contributed by atoms with Gasteiger partial charge in [-0.15, -0.1) is 11.3 Å². The minimum atomic E-state index is -1.04. The van der Waals surface area contributed by atoms with Crippen molar-refractivity contribution >= 4 is 23.3 Å². The molecular formula is C10H15N3O3S. The number of thiazole rings is 1. The van der Waals surface area contributed by atoms with Gasteiger partial charge in [0, 0.05) is 5.38 Å². The second-order valence-electron chi connectivity index (χ2n) is 3.48. The minimum Gasteiger partial charge on any atom is -0.480 e. The normalized spacial score (nSPS) is 11.9. The maximum Gasteiger partial charge on any atom is 0.326 e. The Balaban J connectivity index is 2.37. The molecule has 1 heterocycles. The van der Waals surface area contributed by atoms with E-state index in [1.807, 2.05) is 12.3 Å². The molecule has 0 saturated carbocycles. The molecule has 0 unspecified atom stereocenters. The Labute approximate surface area is 103 Å². The summed E-state index contributed by atoms with van der Waals surface area (Å²) in [4.78, 5) is 26.3. The molecule has 0 bridgehead atoms. The summed E-state index contributed by atoms with van der Waals surface area (Å²) < 4.78 is 0. The highest BCUT2D eigenvalue weighted by Gasteiger charge is 2.17. The number of carboxylic acid groups (broad SMARTS) is 1. The number of nitrogens with zero attached hydrogens (tertiary/aromatic N) is 1. The van der Waals surface area contributed by atoms with Gasteiger partial charge in [0.2, 0.25) is 0 Å². The number of amides is 2. The van der Waals surface area contributed by atoms with Gasteiger partial charge in [-0.3, -0.25) is 0 Å². The molecule has 1 aromatic heterocycles. The highest BCUT2D eigenvalue weighted by Crippen LogP contribution is 2.07. The van der Waals surface area contributed by atoms with Crippen LogP contribution in [0, 0.1) is 6.92 Å². The van der Waals surface area contributed by atoms with Gasteiger partial charge >= 0.3 is 12.0 Å². The van der Waals surface area contributed by atoms with E-state index >= 15 is 0 Å². The Morgan fingerprint density at radius 2 is 2.29 bits per heavy atom. The third-order valence-corrected chi connectivity index (χ3v) is 2.93. The van der Waals surface area contributed by atoms with Gasteiger partial charge in [0.1, 0.15) is 6.04 Å². The van der Waals surface area contributed by atoms with E-state index in [9.17, 15) is 9.59 Å². The molecular weight excluding hydrogens is 242 g/mol. The number of aryl methyl sites for hydroxylation is 1. The van der Waals surface area contributed by atoms with E-state index in [-0.39, 0.29) is 0 Å². The predicted octanol–water partition coefficient (Wildman–Crippen LogP) is 1.11. The van der Waals surface area contributed by atoms with E-state index in [1.165, 1.54) is 11.3 Å². The zero-order chi connectivity index (χ0) is 12.8. The Morgan fingerprint density at radius 3 is 2.76 bits per heavy atom. The molecule has 0 fully saturated rings. The Kier molecular flexibility index (Phi) is 4.89. The van der Waals surface area contributed by atoms with Gasteiger partial charge in [-0.1, -0.05) is 6.92 Å². The number of carbonyl (C=O) groups excluding carboxylic acids is 1. The lowest BCUT2D eigenvalue weighted by Crippen LogP contribution is -2.45. The lowest BCUT2D eigenvalue weighted by Gasteiger charge is -2.12. The van der Waals surface area contributed by atoms with Gasteiger partial charge in [-0.25, -0.2) is 14.6 Å². The van der Waals surface area contributed by atoms with E-state index in [2.05, 4.69) is 15.6 Å². The van der Waals surface area contributed by atoms with Crippen LogP contribution in [-0.2, 0) is 11.3 Å². The van der Waals surface area contributed by atoms with Crippen LogP contribution in [-0.4, -0.2) is 28.1 Å². The smallest absolute Gasteiger partial charge is 0.326 e. The van der Waals surface area contributed by atoms with Crippen LogP contribution in [0.1, 0.15) is 24.0 Å². The molecule has 2 amide bonds. The lowest BCUT2D eigenvalue weighted by molar-refractivity contribution is -0.139. The topological polar surface area (TPSA) is 91.3 Å². The molecule has 1 aromatic rings. The molecule has 7 heteroatoms. The fourth-order valence-electron chi connectivity index (χ4n) is 1.21.